The first-order chi connectivity index (χ1) is 9.25. The standard InChI is InChI=1S/C14H12ClN3O/c15-10-6-7-16-12(8-10)13-9-17-14(19)18(13)11-4-2-1-3-5-11/h2,4-9H,1,3H2,(H,17,19). The van der Waals surface area contributed by atoms with E-state index in [1.54, 1.807) is 29.1 Å². The first kappa shape index (κ1) is 12.0. The Hall–Kier alpha value is -2.07. The monoisotopic (exact) mass is 273 g/mol. The molecule has 2 aromatic heterocycles. The second-order valence-electron chi connectivity index (χ2n) is 4.28. The van der Waals surface area contributed by atoms with Crippen LogP contribution in [0.3, 0.4) is 0 Å². The van der Waals surface area contributed by atoms with Gasteiger partial charge in [-0.05, 0) is 31.1 Å². The molecular formula is C14H12ClN3O. The Kier molecular flexibility index (Phi) is 3.09. The minimum atomic E-state index is -0.172. The average Bonchev–Trinajstić information content (AvgIpc) is 2.82. The molecule has 0 saturated carbocycles. The van der Waals surface area contributed by atoms with Crippen molar-refractivity contribution >= 4 is 17.3 Å². The Labute approximate surface area is 115 Å². The van der Waals surface area contributed by atoms with E-state index in [4.69, 9.17) is 11.6 Å². The van der Waals surface area contributed by atoms with E-state index in [2.05, 4.69) is 16.0 Å². The number of H-pyrrole nitrogens is 1. The van der Waals surface area contributed by atoms with Crippen LogP contribution in [0.2, 0.25) is 5.02 Å². The minimum Gasteiger partial charge on any atom is -0.312 e. The fraction of sp³-hybridized carbons (Fsp3) is 0.143. The first-order valence-electron chi connectivity index (χ1n) is 6.05. The normalized spacial score (nSPS) is 14.5. The molecule has 0 spiro atoms. The van der Waals surface area contributed by atoms with Crippen molar-refractivity contribution in [2.24, 2.45) is 0 Å². The summed E-state index contributed by atoms with van der Waals surface area (Å²) in [4.78, 5) is 18.9. The maximum Gasteiger partial charge on any atom is 0.330 e. The highest BCUT2D eigenvalue weighted by atomic mass is 35.5. The summed E-state index contributed by atoms with van der Waals surface area (Å²) in [5.41, 5.74) is 2.08. The number of nitrogens with one attached hydrogen (secondary N) is 1. The summed E-state index contributed by atoms with van der Waals surface area (Å²) in [6.07, 6.45) is 11.3. The van der Waals surface area contributed by atoms with Gasteiger partial charge < -0.3 is 4.98 Å². The van der Waals surface area contributed by atoms with Crippen LogP contribution in [0.4, 0.5) is 0 Å². The third-order valence-corrected chi connectivity index (χ3v) is 3.23. The third-order valence-electron chi connectivity index (χ3n) is 2.99. The lowest BCUT2D eigenvalue weighted by atomic mass is 10.1. The molecule has 2 heterocycles. The zero-order valence-corrected chi connectivity index (χ0v) is 10.9. The maximum atomic E-state index is 12.0. The van der Waals surface area contributed by atoms with Gasteiger partial charge in [-0.2, -0.15) is 0 Å². The van der Waals surface area contributed by atoms with Crippen molar-refractivity contribution in [3.8, 4) is 11.4 Å². The molecule has 0 unspecified atom stereocenters. The van der Waals surface area contributed by atoms with Crippen LogP contribution in [0, 0.1) is 0 Å². The van der Waals surface area contributed by atoms with E-state index in [1.165, 1.54) is 0 Å². The maximum absolute atomic E-state index is 12.0. The Morgan fingerprint density at radius 2 is 2.26 bits per heavy atom. The lowest BCUT2D eigenvalue weighted by molar-refractivity contribution is 0.969. The van der Waals surface area contributed by atoms with Gasteiger partial charge in [0.2, 0.25) is 0 Å². The largest absolute Gasteiger partial charge is 0.330 e. The highest BCUT2D eigenvalue weighted by molar-refractivity contribution is 6.30. The molecule has 0 amide bonds. The van der Waals surface area contributed by atoms with Crippen molar-refractivity contribution in [3.63, 3.8) is 0 Å². The smallest absolute Gasteiger partial charge is 0.312 e. The summed E-state index contributed by atoms with van der Waals surface area (Å²) in [6, 6.07) is 3.45. The molecule has 0 aromatic carbocycles. The fourth-order valence-corrected chi connectivity index (χ4v) is 2.28. The first-order valence-corrected chi connectivity index (χ1v) is 6.43. The van der Waals surface area contributed by atoms with Gasteiger partial charge in [0.1, 0.15) is 0 Å². The molecule has 1 N–H and O–H groups in total. The van der Waals surface area contributed by atoms with Gasteiger partial charge in [-0.3, -0.25) is 9.55 Å². The number of imidazole rings is 1. The molecular weight excluding hydrogens is 262 g/mol. The van der Waals surface area contributed by atoms with Gasteiger partial charge in [-0.15, -0.1) is 0 Å². The number of hydrogen-bond donors (Lipinski definition) is 1. The minimum absolute atomic E-state index is 0.172. The van der Waals surface area contributed by atoms with Crippen molar-refractivity contribution in [1.82, 2.24) is 14.5 Å². The van der Waals surface area contributed by atoms with Gasteiger partial charge in [0, 0.05) is 23.1 Å². The molecule has 0 fully saturated rings. The number of nitrogens with zero attached hydrogens (tertiary/aromatic N) is 2. The van der Waals surface area contributed by atoms with E-state index >= 15 is 0 Å². The summed E-state index contributed by atoms with van der Waals surface area (Å²) < 4.78 is 1.62. The van der Waals surface area contributed by atoms with Crippen molar-refractivity contribution < 1.29 is 0 Å². The summed E-state index contributed by atoms with van der Waals surface area (Å²) >= 11 is 5.97. The molecule has 5 heteroatoms. The average molecular weight is 274 g/mol. The van der Waals surface area contributed by atoms with Crippen molar-refractivity contribution in [2.75, 3.05) is 0 Å². The van der Waals surface area contributed by atoms with Gasteiger partial charge >= 0.3 is 5.69 Å². The molecule has 0 atom stereocenters. The Morgan fingerprint density at radius 3 is 3.00 bits per heavy atom. The highest BCUT2D eigenvalue weighted by Crippen LogP contribution is 2.23. The summed E-state index contributed by atoms with van der Waals surface area (Å²) in [6.45, 7) is 0. The molecule has 0 saturated heterocycles. The molecule has 96 valence electrons. The van der Waals surface area contributed by atoms with Gasteiger partial charge in [0.05, 0.1) is 11.4 Å². The second kappa shape index (κ2) is 4.90. The highest BCUT2D eigenvalue weighted by Gasteiger charge is 2.13. The van der Waals surface area contributed by atoms with Gasteiger partial charge in [0.25, 0.3) is 0 Å². The van der Waals surface area contributed by atoms with Crippen molar-refractivity contribution in [2.45, 2.75) is 12.8 Å². The van der Waals surface area contributed by atoms with E-state index in [1.807, 2.05) is 12.2 Å². The Balaban J connectivity index is 2.16. The number of hydrogen-bond acceptors (Lipinski definition) is 2. The van der Waals surface area contributed by atoms with Crippen LogP contribution in [0.1, 0.15) is 12.8 Å². The molecule has 3 rings (SSSR count). The van der Waals surface area contributed by atoms with Crippen LogP contribution >= 0.6 is 11.6 Å². The summed E-state index contributed by atoms with van der Waals surface area (Å²) in [7, 11) is 0. The van der Waals surface area contributed by atoms with E-state index in [9.17, 15) is 4.79 Å². The van der Waals surface area contributed by atoms with Crippen molar-refractivity contribution in [1.29, 1.82) is 0 Å². The van der Waals surface area contributed by atoms with Crippen LogP contribution in [0.5, 0.6) is 0 Å². The molecule has 1 aliphatic carbocycles. The molecule has 1 aliphatic rings. The molecule has 0 bridgehead atoms. The van der Waals surface area contributed by atoms with E-state index < -0.39 is 0 Å². The van der Waals surface area contributed by atoms with Crippen LogP contribution < -0.4 is 5.69 Å². The quantitative estimate of drug-likeness (QED) is 0.914. The fourth-order valence-electron chi connectivity index (χ4n) is 2.12. The SMILES string of the molecule is O=c1[nH]cc(-c2cc(Cl)ccn2)n1C1=CCCC=C1. The molecule has 19 heavy (non-hydrogen) atoms. The second-order valence-corrected chi connectivity index (χ2v) is 4.72. The zero-order chi connectivity index (χ0) is 13.2. The lowest BCUT2D eigenvalue weighted by Gasteiger charge is -2.10. The topological polar surface area (TPSA) is 50.7 Å². The van der Waals surface area contributed by atoms with Gasteiger partial charge in [-0.25, -0.2) is 4.79 Å². The van der Waals surface area contributed by atoms with E-state index in [-0.39, 0.29) is 5.69 Å². The van der Waals surface area contributed by atoms with Gasteiger partial charge in [0.15, 0.2) is 0 Å². The predicted octanol–water partition coefficient (Wildman–Crippen LogP) is 3.08. The molecule has 4 nitrogen and oxygen atoms in total. The summed E-state index contributed by atoms with van der Waals surface area (Å²) in [5.74, 6) is 0. The van der Waals surface area contributed by atoms with Gasteiger partial charge in [-0.1, -0.05) is 23.8 Å². The van der Waals surface area contributed by atoms with E-state index in [0.29, 0.717) is 16.4 Å². The van der Waals surface area contributed by atoms with Crippen molar-refractivity contribution in [3.05, 3.63) is 58.3 Å². The van der Waals surface area contributed by atoms with Crippen LogP contribution in [0.25, 0.3) is 17.1 Å². The Bertz CT molecular complexity index is 724. The van der Waals surface area contributed by atoms with Crippen LogP contribution in [-0.4, -0.2) is 14.5 Å². The van der Waals surface area contributed by atoms with Crippen LogP contribution in [0.15, 0.2) is 47.5 Å². The number of aromatic nitrogens is 3. The molecule has 0 aliphatic heterocycles. The number of rotatable bonds is 2. The molecule has 2 aromatic rings. The third kappa shape index (κ3) is 2.27. The lowest BCUT2D eigenvalue weighted by Crippen LogP contribution is -2.17. The number of aromatic amines is 1. The molecule has 0 radical (unpaired) electrons. The predicted molar refractivity (Wildman–Crippen MR) is 75.9 cm³/mol. The van der Waals surface area contributed by atoms with Crippen LogP contribution in [-0.2, 0) is 0 Å². The zero-order valence-electron chi connectivity index (χ0n) is 10.1. The Morgan fingerprint density at radius 1 is 1.37 bits per heavy atom. The number of pyridine rings is 1. The van der Waals surface area contributed by atoms with E-state index in [0.717, 1.165) is 18.5 Å². The summed E-state index contributed by atoms with van der Waals surface area (Å²) in [5, 5.41) is 0.596. The number of allylic oxidation sites excluding steroid dienone is 4. The number of halogens is 1.